The van der Waals surface area contributed by atoms with Crippen molar-refractivity contribution in [2.24, 2.45) is 4.99 Å². The molecule has 148 valence electrons. The highest BCUT2D eigenvalue weighted by Crippen LogP contribution is 2.22. The zero-order valence-corrected chi connectivity index (χ0v) is 16.9. The Kier molecular flexibility index (Phi) is 8.68. The van der Waals surface area contributed by atoms with Gasteiger partial charge in [-0.2, -0.15) is 0 Å². The van der Waals surface area contributed by atoms with Gasteiger partial charge >= 0.3 is 0 Å². The maximum absolute atomic E-state index is 5.45. The van der Waals surface area contributed by atoms with Crippen LogP contribution in [0.5, 0.6) is 5.75 Å². The van der Waals surface area contributed by atoms with E-state index in [0.717, 1.165) is 55.5 Å². The molecule has 0 amide bonds. The number of methoxy groups -OCH3 is 1. The normalized spacial score (nSPS) is 11.7. The molecule has 27 heavy (non-hydrogen) atoms. The van der Waals surface area contributed by atoms with E-state index in [0.29, 0.717) is 12.5 Å². The Bertz CT molecular complexity index is 708. The first-order valence-corrected chi connectivity index (χ1v) is 9.80. The fourth-order valence-corrected chi connectivity index (χ4v) is 2.95. The number of guanidine groups is 1. The Hall–Kier alpha value is -2.50. The third-order valence-corrected chi connectivity index (χ3v) is 4.56. The van der Waals surface area contributed by atoms with Crippen molar-refractivity contribution in [1.82, 2.24) is 15.8 Å². The molecule has 1 heterocycles. The highest BCUT2D eigenvalue weighted by molar-refractivity contribution is 5.79. The van der Waals surface area contributed by atoms with Crippen LogP contribution in [0.15, 0.2) is 39.8 Å². The molecule has 6 nitrogen and oxygen atoms in total. The van der Waals surface area contributed by atoms with Crippen LogP contribution in [-0.2, 0) is 13.0 Å². The summed E-state index contributed by atoms with van der Waals surface area (Å²) in [5.41, 5.74) is 2.25. The van der Waals surface area contributed by atoms with E-state index in [1.54, 1.807) is 7.11 Å². The van der Waals surface area contributed by atoms with Gasteiger partial charge in [0.2, 0.25) is 0 Å². The minimum Gasteiger partial charge on any atom is -0.497 e. The number of hydrogen-bond donors (Lipinski definition) is 2. The van der Waals surface area contributed by atoms with Gasteiger partial charge in [-0.15, -0.1) is 0 Å². The monoisotopic (exact) mass is 372 g/mol. The average molecular weight is 373 g/mol. The summed E-state index contributed by atoms with van der Waals surface area (Å²) >= 11 is 0. The fraction of sp³-hybridized carbons (Fsp3) is 0.524. The molecule has 0 unspecified atom stereocenters. The van der Waals surface area contributed by atoms with Gasteiger partial charge in [0.05, 0.1) is 12.8 Å². The maximum atomic E-state index is 5.45. The van der Waals surface area contributed by atoms with Gasteiger partial charge in [0.25, 0.3) is 0 Å². The van der Waals surface area contributed by atoms with E-state index in [-0.39, 0.29) is 0 Å². The standard InChI is InChI=1S/C21H32N4O2/c1-5-17(6-2)20-14-19(27-25-20)15-24-21(22-7-3)23-12-11-16-9-8-10-18(13-16)26-4/h8-10,13-14,17H,5-7,11-12,15H2,1-4H3,(H2,22,23,24). The molecule has 6 heteroatoms. The number of hydrogen-bond acceptors (Lipinski definition) is 4. The second kappa shape index (κ2) is 11.3. The summed E-state index contributed by atoms with van der Waals surface area (Å²) in [6.45, 7) is 8.47. The summed E-state index contributed by atoms with van der Waals surface area (Å²) in [6, 6.07) is 10.1. The Morgan fingerprint density at radius 2 is 2.00 bits per heavy atom. The van der Waals surface area contributed by atoms with Gasteiger partial charge in [0.15, 0.2) is 11.7 Å². The van der Waals surface area contributed by atoms with Crippen molar-refractivity contribution in [3.63, 3.8) is 0 Å². The largest absolute Gasteiger partial charge is 0.497 e. The molecule has 0 bridgehead atoms. The number of benzene rings is 1. The smallest absolute Gasteiger partial charge is 0.191 e. The van der Waals surface area contributed by atoms with Crippen LogP contribution in [0.25, 0.3) is 0 Å². The zero-order valence-electron chi connectivity index (χ0n) is 16.9. The molecule has 0 aliphatic heterocycles. The lowest BCUT2D eigenvalue weighted by Crippen LogP contribution is -2.38. The minimum absolute atomic E-state index is 0.459. The number of nitrogens with one attached hydrogen (secondary N) is 2. The third-order valence-electron chi connectivity index (χ3n) is 4.56. The first-order chi connectivity index (χ1) is 13.2. The van der Waals surface area contributed by atoms with Crippen molar-refractivity contribution in [3.05, 3.63) is 47.3 Å². The molecule has 0 aliphatic carbocycles. The van der Waals surface area contributed by atoms with Gasteiger partial charge in [-0.25, -0.2) is 4.99 Å². The first kappa shape index (κ1) is 20.8. The molecule has 2 aromatic rings. The molecule has 0 spiro atoms. The lowest BCUT2D eigenvalue weighted by atomic mass is 9.99. The van der Waals surface area contributed by atoms with E-state index in [2.05, 4.69) is 53.7 Å². The number of ether oxygens (including phenoxy) is 1. The van der Waals surface area contributed by atoms with Crippen molar-refractivity contribution >= 4 is 5.96 Å². The lowest BCUT2D eigenvalue weighted by molar-refractivity contribution is 0.372. The maximum Gasteiger partial charge on any atom is 0.191 e. The second-order valence-corrected chi connectivity index (χ2v) is 6.45. The highest BCUT2D eigenvalue weighted by atomic mass is 16.5. The number of rotatable bonds is 10. The summed E-state index contributed by atoms with van der Waals surface area (Å²) in [7, 11) is 1.69. The number of aliphatic imine (C=N–C) groups is 1. The Labute approximate surface area is 162 Å². The molecule has 2 N–H and O–H groups in total. The van der Waals surface area contributed by atoms with Crippen LogP contribution in [0, 0.1) is 0 Å². The SMILES string of the molecule is CCNC(=NCc1cc(C(CC)CC)no1)NCCc1cccc(OC)c1. The quantitative estimate of drug-likeness (QED) is 0.489. The molecule has 2 rings (SSSR count). The molecule has 0 saturated carbocycles. The van der Waals surface area contributed by atoms with Gasteiger partial charge in [-0.1, -0.05) is 31.1 Å². The summed E-state index contributed by atoms with van der Waals surface area (Å²) in [6.07, 6.45) is 3.03. The van der Waals surface area contributed by atoms with Crippen molar-refractivity contribution in [3.8, 4) is 5.75 Å². The average Bonchev–Trinajstić information content (AvgIpc) is 3.16. The summed E-state index contributed by atoms with van der Waals surface area (Å²) in [5.74, 6) is 2.91. The van der Waals surface area contributed by atoms with E-state index in [9.17, 15) is 0 Å². The molecule has 0 radical (unpaired) electrons. The van der Waals surface area contributed by atoms with E-state index in [4.69, 9.17) is 9.26 Å². The van der Waals surface area contributed by atoms with Crippen molar-refractivity contribution < 1.29 is 9.26 Å². The van der Waals surface area contributed by atoms with Crippen LogP contribution in [0.3, 0.4) is 0 Å². The van der Waals surface area contributed by atoms with Gasteiger partial charge in [-0.3, -0.25) is 0 Å². The summed E-state index contributed by atoms with van der Waals surface area (Å²) in [4.78, 5) is 4.61. The molecule has 0 atom stereocenters. The van der Waals surface area contributed by atoms with Crippen LogP contribution in [0.4, 0.5) is 0 Å². The zero-order chi connectivity index (χ0) is 19.5. The Morgan fingerprint density at radius 1 is 1.19 bits per heavy atom. The summed E-state index contributed by atoms with van der Waals surface area (Å²) in [5, 5.41) is 10.8. The molecule has 0 aliphatic rings. The van der Waals surface area contributed by atoms with E-state index < -0.39 is 0 Å². The van der Waals surface area contributed by atoms with Crippen LogP contribution in [0.1, 0.15) is 56.5 Å². The van der Waals surface area contributed by atoms with E-state index in [1.165, 1.54) is 5.56 Å². The highest BCUT2D eigenvalue weighted by Gasteiger charge is 2.12. The van der Waals surface area contributed by atoms with Crippen molar-refractivity contribution in [2.45, 2.75) is 52.5 Å². The fourth-order valence-electron chi connectivity index (χ4n) is 2.95. The van der Waals surface area contributed by atoms with Gasteiger partial charge in [0, 0.05) is 25.1 Å². The predicted octanol–water partition coefficient (Wildman–Crippen LogP) is 3.88. The Balaban J connectivity index is 1.90. The van der Waals surface area contributed by atoms with Crippen LogP contribution in [-0.4, -0.2) is 31.3 Å². The predicted molar refractivity (Wildman–Crippen MR) is 109 cm³/mol. The molecule has 0 saturated heterocycles. The number of aromatic nitrogens is 1. The lowest BCUT2D eigenvalue weighted by Gasteiger charge is -2.11. The van der Waals surface area contributed by atoms with Gasteiger partial charge < -0.3 is 19.9 Å². The van der Waals surface area contributed by atoms with Crippen LogP contribution < -0.4 is 15.4 Å². The number of nitrogens with zero attached hydrogens (tertiary/aromatic N) is 2. The molecule has 0 fully saturated rings. The van der Waals surface area contributed by atoms with Crippen LogP contribution >= 0.6 is 0 Å². The Morgan fingerprint density at radius 3 is 2.70 bits per heavy atom. The topological polar surface area (TPSA) is 71.7 Å². The van der Waals surface area contributed by atoms with E-state index >= 15 is 0 Å². The first-order valence-electron chi connectivity index (χ1n) is 9.80. The van der Waals surface area contributed by atoms with Gasteiger partial charge in [-0.05, 0) is 43.9 Å². The van der Waals surface area contributed by atoms with E-state index in [1.807, 2.05) is 18.2 Å². The summed E-state index contributed by atoms with van der Waals surface area (Å²) < 4.78 is 10.7. The molecular weight excluding hydrogens is 340 g/mol. The van der Waals surface area contributed by atoms with Crippen LogP contribution in [0.2, 0.25) is 0 Å². The third kappa shape index (κ3) is 6.62. The second-order valence-electron chi connectivity index (χ2n) is 6.45. The van der Waals surface area contributed by atoms with Crippen molar-refractivity contribution in [1.29, 1.82) is 0 Å². The minimum atomic E-state index is 0.459. The van der Waals surface area contributed by atoms with Gasteiger partial charge in [0.1, 0.15) is 12.3 Å². The molecule has 1 aromatic carbocycles. The molecule has 1 aromatic heterocycles. The van der Waals surface area contributed by atoms with Crippen molar-refractivity contribution in [2.75, 3.05) is 20.2 Å². The molecular formula is C21H32N4O2.